The van der Waals surface area contributed by atoms with E-state index in [-0.39, 0.29) is 5.60 Å². The minimum Gasteiger partial charge on any atom is -0.375 e. The van der Waals surface area contributed by atoms with Gasteiger partial charge in [-0.1, -0.05) is 37.3 Å². The molecule has 0 aliphatic carbocycles. The van der Waals surface area contributed by atoms with Crippen LogP contribution in [-0.2, 0) is 10.2 Å². The molecule has 0 N–H and O–H groups in total. The van der Waals surface area contributed by atoms with E-state index in [9.17, 15) is 0 Å². The van der Waals surface area contributed by atoms with E-state index in [0.29, 0.717) is 11.0 Å². The van der Waals surface area contributed by atoms with Crippen LogP contribution in [0.2, 0.25) is 0 Å². The van der Waals surface area contributed by atoms with Gasteiger partial charge in [-0.25, -0.2) is 0 Å². The van der Waals surface area contributed by atoms with Gasteiger partial charge in [0.05, 0.1) is 5.60 Å². The molecule has 1 aromatic carbocycles. The maximum absolute atomic E-state index is 6.21. The summed E-state index contributed by atoms with van der Waals surface area (Å²) < 4.78 is 6.21. The van der Waals surface area contributed by atoms with E-state index in [1.165, 1.54) is 57.2 Å². The molecule has 0 bridgehead atoms. The normalized spacial score (nSPS) is 42.5. The number of piperidine rings is 2. The lowest BCUT2D eigenvalue weighted by molar-refractivity contribution is -0.115. The second-order valence-corrected chi connectivity index (χ2v) is 8.41. The van der Waals surface area contributed by atoms with Gasteiger partial charge < -0.3 is 4.74 Å². The maximum atomic E-state index is 6.21. The van der Waals surface area contributed by atoms with Crippen LogP contribution in [0, 0.1) is 0 Å². The van der Waals surface area contributed by atoms with Crippen molar-refractivity contribution >= 4 is 0 Å². The van der Waals surface area contributed by atoms with E-state index in [0.717, 1.165) is 6.61 Å². The van der Waals surface area contributed by atoms with Crippen LogP contribution < -0.4 is 0 Å². The number of hydrogen-bond acceptors (Lipinski definition) is 2. The summed E-state index contributed by atoms with van der Waals surface area (Å²) in [5.41, 5.74) is 2.37. The van der Waals surface area contributed by atoms with Crippen molar-refractivity contribution in [2.75, 3.05) is 19.7 Å². The van der Waals surface area contributed by atoms with Crippen molar-refractivity contribution in [3.8, 4) is 0 Å². The average Bonchev–Trinajstić information content (AvgIpc) is 2.97. The third-order valence-corrected chi connectivity index (χ3v) is 6.71. The first kappa shape index (κ1) is 14.7. The third-order valence-electron chi connectivity index (χ3n) is 6.71. The van der Waals surface area contributed by atoms with Crippen molar-refractivity contribution in [2.24, 2.45) is 0 Å². The van der Waals surface area contributed by atoms with Gasteiger partial charge in [-0.2, -0.15) is 0 Å². The Kier molecular flexibility index (Phi) is 3.39. The number of fused-ring (bicyclic) bond motifs is 1. The van der Waals surface area contributed by atoms with Crippen LogP contribution in [-0.4, -0.2) is 35.7 Å². The van der Waals surface area contributed by atoms with Crippen molar-refractivity contribution in [3.63, 3.8) is 0 Å². The average molecular weight is 299 g/mol. The lowest BCUT2D eigenvalue weighted by atomic mass is 9.65. The van der Waals surface area contributed by atoms with E-state index in [4.69, 9.17) is 4.74 Å². The Morgan fingerprint density at radius 3 is 2.55 bits per heavy atom. The van der Waals surface area contributed by atoms with Crippen LogP contribution in [0.3, 0.4) is 0 Å². The molecular formula is C20H29NO. The highest BCUT2D eigenvalue weighted by molar-refractivity contribution is 5.27. The van der Waals surface area contributed by atoms with E-state index >= 15 is 0 Å². The van der Waals surface area contributed by atoms with E-state index in [2.05, 4.69) is 49.1 Å². The topological polar surface area (TPSA) is 12.5 Å². The first-order chi connectivity index (χ1) is 10.5. The minimum atomic E-state index is 0.214. The molecule has 1 aromatic rings. The highest BCUT2D eigenvalue weighted by atomic mass is 16.5. The quantitative estimate of drug-likeness (QED) is 0.772. The van der Waals surface area contributed by atoms with E-state index in [1.807, 2.05) is 0 Å². The molecule has 3 fully saturated rings. The summed E-state index contributed by atoms with van der Waals surface area (Å²) in [5, 5.41) is 0. The molecule has 3 unspecified atom stereocenters. The third kappa shape index (κ3) is 2.32. The number of rotatable bonds is 1. The molecule has 3 aliphatic heterocycles. The van der Waals surface area contributed by atoms with Crippen molar-refractivity contribution in [3.05, 3.63) is 35.9 Å². The van der Waals surface area contributed by atoms with Crippen LogP contribution in [0.1, 0.15) is 57.9 Å². The Bertz CT molecular complexity index is 536. The minimum absolute atomic E-state index is 0.214. The zero-order chi connectivity index (χ0) is 15.3. The first-order valence-corrected chi connectivity index (χ1v) is 8.98. The molecule has 4 rings (SSSR count). The second kappa shape index (κ2) is 5.07. The van der Waals surface area contributed by atoms with E-state index < -0.39 is 0 Å². The van der Waals surface area contributed by atoms with Crippen LogP contribution >= 0.6 is 0 Å². The maximum Gasteiger partial charge on any atom is 0.0713 e. The molecule has 3 saturated heterocycles. The molecule has 3 aliphatic rings. The lowest BCUT2D eigenvalue weighted by Gasteiger charge is -2.58. The van der Waals surface area contributed by atoms with Crippen molar-refractivity contribution in [1.29, 1.82) is 0 Å². The van der Waals surface area contributed by atoms with E-state index in [1.54, 1.807) is 0 Å². The summed E-state index contributed by atoms with van der Waals surface area (Å²) in [4.78, 5) is 2.77. The van der Waals surface area contributed by atoms with Gasteiger partial charge in [-0.05, 0) is 51.0 Å². The summed E-state index contributed by atoms with van der Waals surface area (Å²) in [6.07, 6.45) is 7.60. The molecule has 2 heteroatoms. The van der Waals surface area contributed by atoms with Crippen LogP contribution in [0.25, 0.3) is 0 Å². The highest BCUT2D eigenvalue weighted by Gasteiger charge is 2.52. The van der Waals surface area contributed by atoms with Crippen molar-refractivity contribution in [1.82, 2.24) is 4.90 Å². The molecule has 0 saturated carbocycles. The molecule has 2 nitrogen and oxygen atoms in total. The molecule has 3 atom stereocenters. The number of hydrogen-bond donors (Lipinski definition) is 0. The molecule has 0 aromatic heterocycles. The van der Waals surface area contributed by atoms with Gasteiger partial charge in [0.2, 0.25) is 0 Å². The summed E-state index contributed by atoms with van der Waals surface area (Å²) in [5.74, 6) is 0. The summed E-state index contributed by atoms with van der Waals surface area (Å²) >= 11 is 0. The Morgan fingerprint density at radius 1 is 1.00 bits per heavy atom. The van der Waals surface area contributed by atoms with Crippen LogP contribution in [0.5, 0.6) is 0 Å². The van der Waals surface area contributed by atoms with Gasteiger partial charge in [0.15, 0.2) is 0 Å². The number of nitrogens with zero attached hydrogens (tertiary/aromatic N) is 1. The Balaban J connectivity index is 1.55. The fraction of sp³-hybridized carbons (Fsp3) is 0.700. The molecule has 22 heavy (non-hydrogen) atoms. The Hall–Kier alpha value is -0.860. The largest absolute Gasteiger partial charge is 0.375 e. The Morgan fingerprint density at radius 2 is 1.82 bits per heavy atom. The van der Waals surface area contributed by atoms with Gasteiger partial charge in [-0.3, -0.25) is 4.90 Å². The monoisotopic (exact) mass is 299 g/mol. The van der Waals surface area contributed by atoms with Crippen LogP contribution in [0.4, 0.5) is 0 Å². The van der Waals surface area contributed by atoms with Gasteiger partial charge in [0.1, 0.15) is 0 Å². The van der Waals surface area contributed by atoms with Crippen LogP contribution in [0.15, 0.2) is 30.3 Å². The fourth-order valence-electron chi connectivity index (χ4n) is 5.23. The molecule has 3 heterocycles. The Labute approximate surface area is 134 Å². The zero-order valence-corrected chi connectivity index (χ0v) is 14.1. The fourth-order valence-corrected chi connectivity index (χ4v) is 5.23. The van der Waals surface area contributed by atoms with Crippen molar-refractivity contribution < 1.29 is 4.74 Å². The van der Waals surface area contributed by atoms with Gasteiger partial charge in [0.25, 0.3) is 0 Å². The standard InChI is InChI=1S/C20H29NO/c1-18(17-7-4-3-5-8-17)10-11-19(2)15-20(9-6-14-22-20)12-13-21(19)16-18/h3-5,7-8H,6,9-16H2,1-2H3. The zero-order valence-electron chi connectivity index (χ0n) is 14.1. The predicted octanol–water partition coefficient (Wildman–Crippen LogP) is 4.14. The molecule has 120 valence electrons. The molecule has 0 amide bonds. The van der Waals surface area contributed by atoms with Gasteiger partial charge >= 0.3 is 0 Å². The summed E-state index contributed by atoms with van der Waals surface area (Å²) in [6.45, 7) is 8.33. The second-order valence-electron chi connectivity index (χ2n) is 8.41. The molecule has 1 spiro atoms. The predicted molar refractivity (Wildman–Crippen MR) is 90.2 cm³/mol. The van der Waals surface area contributed by atoms with Gasteiger partial charge in [-0.15, -0.1) is 0 Å². The summed E-state index contributed by atoms with van der Waals surface area (Å²) in [7, 11) is 0. The SMILES string of the molecule is CC1(c2ccccc2)CCC2(C)CC3(CCCO3)CCN2C1. The molecular weight excluding hydrogens is 270 g/mol. The number of ether oxygens (including phenoxy) is 1. The summed E-state index contributed by atoms with van der Waals surface area (Å²) in [6, 6.07) is 11.1. The lowest BCUT2D eigenvalue weighted by Crippen LogP contribution is -2.63. The first-order valence-electron chi connectivity index (χ1n) is 8.98. The smallest absolute Gasteiger partial charge is 0.0713 e. The van der Waals surface area contributed by atoms with Crippen molar-refractivity contribution in [2.45, 2.75) is 68.9 Å². The van der Waals surface area contributed by atoms with Gasteiger partial charge in [0, 0.05) is 30.7 Å². The molecule has 0 radical (unpaired) electrons. The number of benzene rings is 1. The highest BCUT2D eigenvalue weighted by Crippen LogP contribution is 2.49.